The number of rotatable bonds is 4. The second kappa shape index (κ2) is 5.03. The molecule has 0 heterocycles. The van der Waals surface area contributed by atoms with Gasteiger partial charge in [0.25, 0.3) is 0 Å². The summed E-state index contributed by atoms with van der Waals surface area (Å²) in [4.78, 5) is 12.3. The van der Waals surface area contributed by atoms with Crippen molar-refractivity contribution in [1.82, 2.24) is 5.32 Å². The lowest BCUT2D eigenvalue weighted by Crippen LogP contribution is -2.41. The van der Waals surface area contributed by atoms with Crippen molar-refractivity contribution in [1.29, 1.82) is 0 Å². The fourth-order valence-electron chi connectivity index (χ4n) is 6.19. The van der Waals surface area contributed by atoms with Gasteiger partial charge in [-0.1, -0.05) is 12.8 Å². The summed E-state index contributed by atoms with van der Waals surface area (Å²) < 4.78 is 0. The molecule has 7 atom stereocenters. The highest BCUT2D eigenvalue weighted by atomic mass is 16.1. The molecule has 0 spiro atoms. The van der Waals surface area contributed by atoms with Crippen LogP contribution < -0.4 is 5.32 Å². The van der Waals surface area contributed by atoms with Crippen LogP contribution >= 0.6 is 0 Å². The molecular formula is C18H29NO. The number of hydrogen-bond donors (Lipinski definition) is 1. The maximum atomic E-state index is 12.3. The van der Waals surface area contributed by atoms with Gasteiger partial charge in [-0.2, -0.15) is 0 Å². The molecule has 2 heteroatoms. The van der Waals surface area contributed by atoms with Crippen molar-refractivity contribution in [2.24, 2.45) is 35.5 Å². The summed E-state index contributed by atoms with van der Waals surface area (Å²) in [6, 6.07) is 0.413. The summed E-state index contributed by atoms with van der Waals surface area (Å²) in [7, 11) is 0. The minimum atomic E-state index is 0.345. The summed E-state index contributed by atoms with van der Waals surface area (Å²) >= 11 is 0. The van der Waals surface area contributed by atoms with Crippen LogP contribution in [0.15, 0.2) is 0 Å². The third-order valence-electron chi connectivity index (χ3n) is 7.16. The monoisotopic (exact) mass is 275 g/mol. The highest BCUT2D eigenvalue weighted by molar-refractivity contribution is 5.76. The highest BCUT2D eigenvalue weighted by Crippen LogP contribution is 2.50. The van der Waals surface area contributed by atoms with E-state index < -0.39 is 0 Å². The van der Waals surface area contributed by atoms with Crippen LogP contribution in [0.4, 0.5) is 0 Å². The lowest BCUT2D eigenvalue weighted by Gasteiger charge is -2.29. The molecule has 0 radical (unpaired) electrons. The lowest BCUT2D eigenvalue weighted by atomic mass is 9.83. The van der Waals surface area contributed by atoms with Crippen molar-refractivity contribution in [2.75, 3.05) is 0 Å². The SMILES string of the molecule is C[C@H](NC(=O)C[C@@H]1C[C@H]2CC[C@H]1C2)[C@@H]1C[C@H]2CC[C@H]1C2. The number of fused-ring (bicyclic) bond motifs is 4. The highest BCUT2D eigenvalue weighted by Gasteiger charge is 2.43. The zero-order chi connectivity index (χ0) is 13.7. The topological polar surface area (TPSA) is 29.1 Å². The van der Waals surface area contributed by atoms with Crippen LogP contribution in [-0.4, -0.2) is 11.9 Å². The average Bonchev–Trinajstić information content (AvgIpc) is 3.18. The van der Waals surface area contributed by atoms with Crippen LogP contribution in [0.5, 0.6) is 0 Å². The molecule has 2 nitrogen and oxygen atoms in total. The van der Waals surface area contributed by atoms with E-state index in [9.17, 15) is 4.79 Å². The van der Waals surface area contributed by atoms with Gasteiger partial charge in [0.1, 0.15) is 0 Å². The Bertz CT molecular complexity index is 393. The van der Waals surface area contributed by atoms with Crippen LogP contribution in [0.3, 0.4) is 0 Å². The molecule has 4 bridgehead atoms. The second-order valence-electron chi connectivity index (χ2n) is 8.33. The summed E-state index contributed by atoms with van der Waals surface area (Å²) in [5.41, 5.74) is 0. The Morgan fingerprint density at radius 2 is 1.70 bits per heavy atom. The minimum Gasteiger partial charge on any atom is -0.353 e. The molecule has 4 rings (SSSR count). The zero-order valence-electron chi connectivity index (χ0n) is 12.8. The van der Waals surface area contributed by atoms with E-state index in [1.54, 1.807) is 0 Å². The quantitative estimate of drug-likeness (QED) is 0.831. The van der Waals surface area contributed by atoms with Crippen molar-refractivity contribution in [3.05, 3.63) is 0 Å². The number of nitrogens with one attached hydrogen (secondary N) is 1. The average molecular weight is 275 g/mol. The molecule has 0 aromatic heterocycles. The Hall–Kier alpha value is -0.530. The predicted octanol–water partition coefficient (Wildman–Crippen LogP) is 3.75. The van der Waals surface area contributed by atoms with Gasteiger partial charge in [0.05, 0.1) is 0 Å². The normalized spacial score (nSPS) is 46.9. The van der Waals surface area contributed by atoms with E-state index >= 15 is 0 Å². The second-order valence-corrected chi connectivity index (χ2v) is 8.33. The third-order valence-corrected chi connectivity index (χ3v) is 7.16. The molecule has 4 aliphatic carbocycles. The molecule has 4 saturated carbocycles. The van der Waals surface area contributed by atoms with Crippen molar-refractivity contribution in [3.8, 4) is 0 Å². The molecular weight excluding hydrogens is 246 g/mol. The van der Waals surface area contributed by atoms with E-state index in [0.29, 0.717) is 17.9 Å². The third kappa shape index (κ3) is 2.29. The molecule has 1 amide bonds. The Kier molecular flexibility index (Phi) is 3.31. The van der Waals surface area contributed by atoms with Crippen LogP contribution in [0, 0.1) is 35.5 Å². The summed E-state index contributed by atoms with van der Waals surface area (Å²) in [5, 5.41) is 3.35. The van der Waals surface area contributed by atoms with E-state index in [1.165, 1.54) is 51.4 Å². The van der Waals surface area contributed by atoms with E-state index in [-0.39, 0.29) is 0 Å². The van der Waals surface area contributed by atoms with Crippen molar-refractivity contribution >= 4 is 5.91 Å². The molecule has 20 heavy (non-hydrogen) atoms. The number of hydrogen-bond acceptors (Lipinski definition) is 1. The first-order valence-corrected chi connectivity index (χ1v) is 8.98. The Balaban J connectivity index is 1.27. The fraction of sp³-hybridized carbons (Fsp3) is 0.944. The molecule has 4 fully saturated rings. The molecule has 112 valence electrons. The van der Waals surface area contributed by atoms with Crippen molar-refractivity contribution in [2.45, 2.75) is 70.8 Å². The van der Waals surface area contributed by atoms with Gasteiger partial charge in [-0.15, -0.1) is 0 Å². The molecule has 0 unspecified atom stereocenters. The van der Waals surface area contributed by atoms with E-state index in [2.05, 4.69) is 12.2 Å². The van der Waals surface area contributed by atoms with Gasteiger partial charge in [0.2, 0.25) is 5.91 Å². The first-order valence-electron chi connectivity index (χ1n) is 8.98. The Morgan fingerprint density at radius 3 is 2.25 bits per heavy atom. The maximum absolute atomic E-state index is 12.3. The van der Waals surface area contributed by atoms with Gasteiger partial charge in [0, 0.05) is 12.5 Å². The molecule has 0 saturated heterocycles. The zero-order valence-corrected chi connectivity index (χ0v) is 12.8. The van der Waals surface area contributed by atoms with Gasteiger partial charge in [-0.25, -0.2) is 0 Å². The number of carbonyl (C=O) groups excluding carboxylic acids is 1. The Labute approximate surface area is 123 Å². The minimum absolute atomic E-state index is 0.345. The van der Waals surface area contributed by atoms with Gasteiger partial charge in [0.15, 0.2) is 0 Å². The molecule has 0 aromatic rings. The number of carbonyl (C=O) groups is 1. The summed E-state index contributed by atoms with van der Waals surface area (Å²) in [6.45, 7) is 2.25. The van der Waals surface area contributed by atoms with Crippen LogP contribution in [0.25, 0.3) is 0 Å². The van der Waals surface area contributed by atoms with E-state index in [0.717, 1.165) is 36.0 Å². The number of amides is 1. The summed E-state index contributed by atoms with van der Waals surface area (Å²) in [6.07, 6.45) is 12.1. The largest absolute Gasteiger partial charge is 0.353 e. The molecule has 1 N–H and O–H groups in total. The van der Waals surface area contributed by atoms with Crippen LogP contribution in [0.2, 0.25) is 0 Å². The van der Waals surface area contributed by atoms with Gasteiger partial charge < -0.3 is 5.32 Å². The van der Waals surface area contributed by atoms with E-state index in [4.69, 9.17) is 0 Å². The molecule has 0 aliphatic heterocycles. The lowest BCUT2D eigenvalue weighted by molar-refractivity contribution is -0.123. The first kappa shape index (κ1) is 13.2. The standard InChI is InChI=1S/C18H29NO/c1-11(17-9-13-3-5-15(17)7-13)19-18(20)10-16-8-12-2-4-14(16)6-12/h11-17H,2-10H2,1H3,(H,19,20)/t11-,12-,13-,14-,15-,16-,17-/m0/s1. The Morgan fingerprint density at radius 1 is 1.00 bits per heavy atom. The van der Waals surface area contributed by atoms with Crippen LogP contribution in [0.1, 0.15) is 64.7 Å². The fourth-order valence-corrected chi connectivity index (χ4v) is 6.19. The smallest absolute Gasteiger partial charge is 0.220 e. The molecule has 0 aromatic carbocycles. The van der Waals surface area contributed by atoms with E-state index in [1.807, 2.05) is 0 Å². The van der Waals surface area contributed by atoms with Gasteiger partial charge >= 0.3 is 0 Å². The van der Waals surface area contributed by atoms with Crippen molar-refractivity contribution < 1.29 is 4.79 Å². The summed E-state index contributed by atoms with van der Waals surface area (Å²) in [5.74, 6) is 5.56. The first-order chi connectivity index (χ1) is 9.69. The van der Waals surface area contributed by atoms with Gasteiger partial charge in [-0.3, -0.25) is 4.79 Å². The molecule has 4 aliphatic rings. The predicted molar refractivity (Wildman–Crippen MR) is 80.1 cm³/mol. The van der Waals surface area contributed by atoms with Crippen LogP contribution in [-0.2, 0) is 4.79 Å². The van der Waals surface area contributed by atoms with Gasteiger partial charge in [-0.05, 0) is 81.0 Å². The van der Waals surface area contributed by atoms with Crippen molar-refractivity contribution in [3.63, 3.8) is 0 Å². The maximum Gasteiger partial charge on any atom is 0.220 e.